The molecular weight excluding hydrogens is 612 g/mol. The largest absolute Gasteiger partial charge is 0.488 e. The van der Waals surface area contributed by atoms with Crippen LogP contribution in [0.4, 0.5) is 0 Å². The third kappa shape index (κ3) is 5.44. The van der Waals surface area contributed by atoms with Gasteiger partial charge < -0.3 is 44.1 Å². The summed E-state index contributed by atoms with van der Waals surface area (Å²) >= 11 is 0. The molecule has 2 saturated heterocycles. The van der Waals surface area contributed by atoms with Gasteiger partial charge in [0, 0.05) is 24.3 Å². The average Bonchev–Trinajstić information content (AvgIpc) is 3.07. The van der Waals surface area contributed by atoms with Crippen molar-refractivity contribution in [3.63, 3.8) is 0 Å². The van der Waals surface area contributed by atoms with Crippen molar-refractivity contribution in [3.05, 3.63) is 65.2 Å². The number of ether oxygens (including phenoxy) is 5. The molecule has 0 amide bonds. The van der Waals surface area contributed by atoms with E-state index in [1.165, 1.54) is 19.6 Å². The highest BCUT2D eigenvalue weighted by atomic mass is 17.3. The minimum Gasteiger partial charge on any atom is -0.488 e. The van der Waals surface area contributed by atoms with Crippen LogP contribution < -0.4 is 9.47 Å². The highest BCUT2D eigenvalue weighted by molar-refractivity contribution is 5.87. The van der Waals surface area contributed by atoms with Crippen molar-refractivity contribution in [3.8, 4) is 11.5 Å². The molecule has 6 atom stereocenters. The van der Waals surface area contributed by atoms with Gasteiger partial charge in [-0.15, -0.1) is 0 Å². The first-order chi connectivity index (χ1) is 22.7. The number of hydrogen-bond acceptors (Lipinski definition) is 12. The number of methoxy groups -OCH3 is 2. The molecule has 254 valence electrons. The molecule has 6 aliphatic rings. The maximum absolute atomic E-state index is 11.9. The fraction of sp³-hybridized carbons (Fsp3) is 0.571. The first-order valence-corrected chi connectivity index (χ1v) is 16.2. The summed E-state index contributed by atoms with van der Waals surface area (Å²) in [6, 6.07) is 12.6. The lowest BCUT2D eigenvalue weighted by molar-refractivity contribution is -0.645. The second-order valence-electron chi connectivity index (χ2n) is 13.4. The number of rotatable bonds is 10. The Kier molecular flexibility index (Phi) is 8.81. The number of aliphatic hydroxyl groups is 4. The Labute approximate surface area is 272 Å². The van der Waals surface area contributed by atoms with Crippen LogP contribution in [0.25, 0.3) is 6.08 Å². The van der Waals surface area contributed by atoms with Gasteiger partial charge in [0.25, 0.3) is 5.79 Å². The van der Waals surface area contributed by atoms with E-state index in [2.05, 4.69) is 0 Å². The summed E-state index contributed by atoms with van der Waals surface area (Å²) in [4.78, 5) is 24.0. The third-order valence-corrected chi connectivity index (χ3v) is 10.9. The Bertz CT molecular complexity index is 1440. The van der Waals surface area contributed by atoms with Gasteiger partial charge in [0.05, 0.1) is 13.7 Å². The van der Waals surface area contributed by atoms with Crippen molar-refractivity contribution in [2.45, 2.75) is 80.8 Å². The molecule has 1 spiro atoms. The van der Waals surface area contributed by atoms with Crippen LogP contribution in [-0.2, 0) is 41.2 Å². The molecule has 12 heteroatoms. The zero-order valence-electron chi connectivity index (χ0n) is 26.4. The van der Waals surface area contributed by atoms with Gasteiger partial charge in [0.15, 0.2) is 5.60 Å². The second-order valence-corrected chi connectivity index (χ2v) is 13.4. The van der Waals surface area contributed by atoms with Crippen LogP contribution in [0.5, 0.6) is 11.5 Å². The van der Waals surface area contributed by atoms with Crippen LogP contribution >= 0.6 is 0 Å². The van der Waals surface area contributed by atoms with Crippen molar-refractivity contribution < 1.29 is 58.7 Å². The number of hydrogen-bond donors (Lipinski definition) is 4. The molecule has 47 heavy (non-hydrogen) atoms. The molecule has 4 bridgehead atoms. The maximum Gasteiger partial charge on any atom is 0.330 e. The molecule has 6 fully saturated rings. The molecule has 0 radical (unpaired) electrons. The van der Waals surface area contributed by atoms with Crippen molar-refractivity contribution in [1.29, 1.82) is 0 Å². The molecule has 8 rings (SSSR count). The van der Waals surface area contributed by atoms with Crippen LogP contribution in [0.3, 0.4) is 0 Å². The number of carbonyl (C=O) groups excluding carboxylic acids is 1. The Hall–Kier alpha value is -3.07. The van der Waals surface area contributed by atoms with Crippen LogP contribution in [0.1, 0.15) is 48.8 Å². The van der Waals surface area contributed by atoms with Gasteiger partial charge in [-0.05, 0) is 85.6 Å². The molecule has 2 aromatic rings. The topological polar surface area (TPSA) is 163 Å². The zero-order chi connectivity index (χ0) is 32.9. The van der Waals surface area contributed by atoms with Gasteiger partial charge in [0.1, 0.15) is 42.5 Å². The van der Waals surface area contributed by atoms with Crippen molar-refractivity contribution in [1.82, 2.24) is 0 Å². The Balaban J connectivity index is 1.11. The van der Waals surface area contributed by atoms with E-state index in [-0.39, 0.29) is 6.61 Å². The maximum atomic E-state index is 11.9. The summed E-state index contributed by atoms with van der Waals surface area (Å²) in [5.74, 6) is 1.44. The van der Waals surface area contributed by atoms with Gasteiger partial charge >= 0.3 is 5.97 Å². The first kappa shape index (κ1) is 32.5. The Morgan fingerprint density at radius 1 is 0.915 bits per heavy atom. The minimum absolute atomic E-state index is 0.167. The summed E-state index contributed by atoms with van der Waals surface area (Å²) in [7, 11) is 2.98. The quantitative estimate of drug-likeness (QED) is 0.169. The fourth-order valence-corrected chi connectivity index (χ4v) is 8.71. The summed E-state index contributed by atoms with van der Waals surface area (Å²) < 4.78 is 28.5. The fourth-order valence-electron chi connectivity index (χ4n) is 8.71. The van der Waals surface area contributed by atoms with E-state index in [0.29, 0.717) is 28.9 Å². The number of esters is 1. The highest BCUT2D eigenvalue weighted by Gasteiger charge is 2.76. The summed E-state index contributed by atoms with van der Waals surface area (Å²) in [5.41, 5.74) is 1.67. The standard InChI is InChI=1S/C35H42O12/c1-41-29(37)10-6-22-5-7-23(35(42-2)34(46-47-35)24-12-20-11-21(14-24)15-25(34)13-20)16-27(22)43-18-19-3-8-26(9-4-19)44-33-32(40)31(39)30(38)28(17-36)45-33/h3-10,16,20-21,24-25,28,30-33,36,38-40H,11-15,17-18H2,1-2H3/b10-6+. The molecule has 4 N–H and O–H groups in total. The molecule has 2 aromatic carbocycles. The molecule has 0 aromatic heterocycles. The minimum atomic E-state index is -1.54. The van der Waals surface area contributed by atoms with Gasteiger partial charge in [-0.25, -0.2) is 9.68 Å². The third-order valence-electron chi connectivity index (χ3n) is 10.9. The number of carbonyl (C=O) groups is 1. The Morgan fingerprint density at radius 2 is 1.62 bits per heavy atom. The average molecular weight is 655 g/mol. The van der Waals surface area contributed by atoms with E-state index in [1.54, 1.807) is 37.5 Å². The molecule has 2 aliphatic heterocycles. The smallest absolute Gasteiger partial charge is 0.330 e. The summed E-state index contributed by atoms with van der Waals surface area (Å²) in [5, 5.41) is 39.8. The normalized spacial score (nSPS) is 38.8. The lowest BCUT2D eigenvalue weighted by atomic mass is 9.47. The molecule has 4 aliphatic carbocycles. The van der Waals surface area contributed by atoms with Crippen LogP contribution in [0.2, 0.25) is 0 Å². The van der Waals surface area contributed by atoms with Gasteiger partial charge in [-0.2, -0.15) is 4.89 Å². The van der Waals surface area contributed by atoms with Crippen LogP contribution in [0, 0.1) is 23.7 Å². The van der Waals surface area contributed by atoms with Crippen LogP contribution in [-0.4, -0.2) is 83.5 Å². The van der Waals surface area contributed by atoms with Crippen molar-refractivity contribution >= 4 is 12.0 Å². The SMILES string of the molecule is COC(=O)/C=C/c1ccc(C2(OC)OOC23C2CC4CC(C2)CC3C4)cc1OCc1ccc(OC2OC(CO)C(O)C(O)C2O)cc1. The molecular formula is C35H42O12. The lowest BCUT2D eigenvalue weighted by Gasteiger charge is -2.68. The zero-order valence-corrected chi connectivity index (χ0v) is 26.4. The van der Waals surface area contributed by atoms with Gasteiger partial charge in [-0.1, -0.05) is 24.3 Å². The van der Waals surface area contributed by atoms with Gasteiger partial charge in [0.2, 0.25) is 6.29 Å². The van der Waals surface area contributed by atoms with E-state index >= 15 is 0 Å². The predicted octanol–water partition coefficient (Wildman–Crippen LogP) is 2.59. The highest BCUT2D eigenvalue weighted by Crippen LogP contribution is 2.69. The van der Waals surface area contributed by atoms with E-state index < -0.39 is 54.7 Å². The van der Waals surface area contributed by atoms with E-state index in [9.17, 15) is 25.2 Å². The molecule has 12 nitrogen and oxygen atoms in total. The number of aliphatic hydroxyl groups excluding tert-OH is 4. The van der Waals surface area contributed by atoms with E-state index in [0.717, 1.165) is 48.6 Å². The molecule has 6 unspecified atom stereocenters. The molecule has 4 saturated carbocycles. The van der Waals surface area contributed by atoms with Gasteiger partial charge in [-0.3, -0.25) is 0 Å². The summed E-state index contributed by atoms with van der Waals surface area (Å²) in [6.45, 7) is -0.382. The van der Waals surface area contributed by atoms with E-state index in [1.807, 2.05) is 18.2 Å². The van der Waals surface area contributed by atoms with E-state index in [4.69, 9.17) is 33.5 Å². The lowest BCUT2D eigenvalue weighted by Crippen LogP contribution is -2.76. The Morgan fingerprint density at radius 3 is 2.21 bits per heavy atom. The monoisotopic (exact) mass is 654 g/mol. The number of benzene rings is 2. The van der Waals surface area contributed by atoms with Crippen molar-refractivity contribution in [2.75, 3.05) is 20.8 Å². The van der Waals surface area contributed by atoms with Crippen molar-refractivity contribution in [2.24, 2.45) is 23.7 Å². The predicted molar refractivity (Wildman–Crippen MR) is 163 cm³/mol. The van der Waals surface area contributed by atoms with Crippen LogP contribution in [0.15, 0.2) is 48.5 Å². The first-order valence-electron chi connectivity index (χ1n) is 16.2. The second kappa shape index (κ2) is 12.8. The molecule has 2 heterocycles. The summed E-state index contributed by atoms with van der Waals surface area (Å²) in [6.07, 6.45) is 1.84.